The van der Waals surface area contributed by atoms with Crippen molar-refractivity contribution < 1.29 is 14.3 Å². The van der Waals surface area contributed by atoms with Crippen molar-refractivity contribution in [3.63, 3.8) is 0 Å². The Morgan fingerprint density at radius 1 is 1.25 bits per heavy atom. The largest absolute Gasteiger partial charge is 0.486 e. The molecule has 1 aromatic carbocycles. The number of benzene rings is 1. The molecular formula is C18H24N2O3S. The summed E-state index contributed by atoms with van der Waals surface area (Å²) in [4.78, 5) is 14.6. The molecule has 130 valence electrons. The molecule has 1 aromatic rings. The molecule has 2 fully saturated rings. The molecule has 0 unspecified atom stereocenters. The van der Waals surface area contributed by atoms with Gasteiger partial charge in [0.2, 0.25) is 0 Å². The van der Waals surface area contributed by atoms with Crippen molar-refractivity contribution >= 4 is 17.8 Å². The summed E-state index contributed by atoms with van der Waals surface area (Å²) in [7, 11) is 0. The third-order valence-electron chi connectivity index (χ3n) is 5.03. The van der Waals surface area contributed by atoms with E-state index in [1.54, 1.807) is 0 Å². The second-order valence-electron chi connectivity index (χ2n) is 6.67. The summed E-state index contributed by atoms with van der Waals surface area (Å²) in [6, 6.07) is 6.28. The van der Waals surface area contributed by atoms with E-state index >= 15 is 0 Å². The summed E-state index contributed by atoms with van der Waals surface area (Å²) in [5.74, 6) is 4.64. The molecular weight excluding hydrogens is 324 g/mol. The van der Waals surface area contributed by atoms with E-state index < -0.39 is 0 Å². The van der Waals surface area contributed by atoms with Gasteiger partial charge >= 0.3 is 6.03 Å². The van der Waals surface area contributed by atoms with Gasteiger partial charge in [-0.25, -0.2) is 4.79 Å². The van der Waals surface area contributed by atoms with Crippen LogP contribution in [0.2, 0.25) is 0 Å². The van der Waals surface area contributed by atoms with Gasteiger partial charge in [0, 0.05) is 13.1 Å². The molecule has 0 saturated carbocycles. The van der Waals surface area contributed by atoms with E-state index in [9.17, 15) is 4.79 Å². The molecule has 3 aliphatic heterocycles. The second kappa shape index (κ2) is 7.13. The van der Waals surface area contributed by atoms with Crippen molar-refractivity contribution in [3.8, 4) is 11.5 Å². The summed E-state index contributed by atoms with van der Waals surface area (Å²) in [6.45, 7) is 2.81. The van der Waals surface area contributed by atoms with Gasteiger partial charge in [0.05, 0.1) is 6.04 Å². The molecule has 0 bridgehead atoms. The monoisotopic (exact) mass is 348 g/mol. The minimum atomic E-state index is 0.0734. The Labute approximate surface area is 147 Å². The van der Waals surface area contributed by atoms with E-state index in [0.29, 0.717) is 19.1 Å². The van der Waals surface area contributed by atoms with Crippen LogP contribution in [0.3, 0.4) is 0 Å². The van der Waals surface area contributed by atoms with Gasteiger partial charge in [-0.15, -0.1) is 0 Å². The van der Waals surface area contributed by atoms with Gasteiger partial charge in [0.1, 0.15) is 13.2 Å². The predicted octanol–water partition coefficient (Wildman–Crippen LogP) is 3.06. The van der Waals surface area contributed by atoms with Crippen LogP contribution >= 0.6 is 11.8 Å². The zero-order valence-electron chi connectivity index (χ0n) is 13.8. The number of ether oxygens (including phenoxy) is 2. The summed E-state index contributed by atoms with van der Waals surface area (Å²) < 4.78 is 11.3. The van der Waals surface area contributed by atoms with Crippen LogP contribution in [0.25, 0.3) is 0 Å². The van der Waals surface area contributed by atoms with Crippen LogP contribution in [0.1, 0.15) is 30.9 Å². The van der Waals surface area contributed by atoms with Gasteiger partial charge in [-0.05, 0) is 54.4 Å². The van der Waals surface area contributed by atoms with Crippen LogP contribution in [-0.4, -0.2) is 48.7 Å². The fraction of sp³-hybridized carbons (Fsp3) is 0.611. The lowest BCUT2D eigenvalue weighted by Crippen LogP contribution is -2.41. The Hall–Kier alpha value is -1.56. The van der Waals surface area contributed by atoms with Gasteiger partial charge in [0.15, 0.2) is 11.5 Å². The highest BCUT2D eigenvalue weighted by atomic mass is 32.2. The maximum atomic E-state index is 12.6. The molecule has 2 atom stereocenters. The number of amides is 2. The van der Waals surface area contributed by atoms with E-state index in [1.165, 1.54) is 17.9 Å². The van der Waals surface area contributed by atoms with Crippen LogP contribution in [-0.2, 0) is 0 Å². The molecule has 5 nitrogen and oxygen atoms in total. The Kier molecular flexibility index (Phi) is 4.74. The first-order chi connectivity index (χ1) is 11.8. The lowest BCUT2D eigenvalue weighted by Gasteiger charge is -2.27. The molecule has 0 aliphatic carbocycles. The van der Waals surface area contributed by atoms with Crippen LogP contribution in [0.15, 0.2) is 18.2 Å². The third-order valence-corrected chi connectivity index (χ3v) is 6.26. The Balaban J connectivity index is 1.43. The lowest BCUT2D eigenvalue weighted by atomic mass is 10.0. The fourth-order valence-electron chi connectivity index (χ4n) is 3.70. The van der Waals surface area contributed by atoms with Crippen molar-refractivity contribution in [1.29, 1.82) is 0 Å². The van der Waals surface area contributed by atoms with Crippen molar-refractivity contribution in [2.24, 2.45) is 5.92 Å². The van der Waals surface area contributed by atoms with E-state index in [0.717, 1.165) is 43.0 Å². The van der Waals surface area contributed by atoms with Gasteiger partial charge < -0.3 is 19.7 Å². The Morgan fingerprint density at radius 3 is 2.96 bits per heavy atom. The van der Waals surface area contributed by atoms with Crippen LogP contribution < -0.4 is 14.8 Å². The summed E-state index contributed by atoms with van der Waals surface area (Å²) >= 11 is 1.99. The Morgan fingerprint density at radius 2 is 2.12 bits per heavy atom. The van der Waals surface area contributed by atoms with E-state index in [2.05, 4.69) is 11.4 Å². The fourth-order valence-corrected chi connectivity index (χ4v) is 4.99. The molecule has 0 aromatic heterocycles. The summed E-state index contributed by atoms with van der Waals surface area (Å²) in [5, 5.41) is 3.15. The standard InChI is InChI=1S/C18H24N2O3S/c21-18(19-11-13-5-9-24-12-13)20-6-1-2-15(20)14-3-4-16-17(10-14)23-8-7-22-16/h3-4,10,13,15H,1-2,5-9,11-12H2,(H,19,21)/t13-,15+/m1/s1. The van der Waals surface area contributed by atoms with Crippen molar-refractivity contribution in [2.75, 3.05) is 37.8 Å². The minimum absolute atomic E-state index is 0.0734. The van der Waals surface area contributed by atoms with Gasteiger partial charge in [-0.1, -0.05) is 6.07 Å². The number of urea groups is 1. The van der Waals surface area contributed by atoms with E-state index in [1.807, 2.05) is 28.8 Å². The number of likely N-dealkylation sites (tertiary alicyclic amines) is 1. The first-order valence-corrected chi connectivity index (χ1v) is 9.98. The number of fused-ring (bicyclic) bond motifs is 1. The van der Waals surface area contributed by atoms with Gasteiger partial charge in [0.25, 0.3) is 0 Å². The molecule has 24 heavy (non-hydrogen) atoms. The quantitative estimate of drug-likeness (QED) is 0.912. The SMILES string of the molecule is O=C(NC[C@H]1CCSC1)N1CCC[C@H]1c1ccc2c(c1)OCCO2. The predicted molar refractivity (Wildman–Crippen MR) is 94.9 cm³/mol. The van der Waals surface area contributed by atoms with Crippen molar-refractivity contribution in [2.45, 2.75) is 25.3 Å². The zero-order chi connectivity index (χ0) is 16.4. The number of carbonyl (C=O) groups excluding carboxylic acids is 1. The first kappa shape index (κ1) is 15.9. The maximum Gasteiger partial charge on any atom is 0.317 e. The van der Waals surface area contributed by atoms with Crippen LogP contribution in [0, 0.1) is 5.92 Å². The van der Waals surface area contributed by atoms with Gasteiger partial charge in [-0.3, -0.25) is 0 Å². The highest BCUT2D eigenvalue weighted by molar-refractivity contribution is 7.99. The average Bonchev–Trinajstić information content (AvgIpc) is 3.31. The van der Waals surface area contributed by atoms with Crippen molar-refractivity contribution in [1.82, 2.24) is 10.2 Å². The number of rotatable bonds is 3. The third kappa shape index (κ3) is 3.29. The molecule has 3 aliphatic rings. The normalized spacial score (nSPS) is 25.8. The maximum absolute atomic E-state index is 12.6. The van der Waals surface area contributed by atoms with Crippen LogP contribution in [0.5, 0.6) is 11.5 Å². The number of hydrogen-bond acceptors (Lipinski definition) is 4. The van der Waals surface area contributed by atoms with E-state index in [-0.39, 0.29) is 12.1 Å². The Bertz CT molecular complexity index is 604. The summed E-state index contributed by atoms with van der Waals surface area (Å²) in [6.07, 6.45) is 3.27. The number of nitrogens with zero attached hydrogens (tertiary/aromatic N) is 1. The molecule has 3 heterocycles. The molecule has 6 heteroatoms. The van der Waals surface area contributed by atoms with Gasteiger partial charge in [-0.2, -0.15) is 11.8 Å². The number of thioether (sulfide) groups is 1. The number of carbonyl (C=O) groups is 1. The first-order valence-electron chi connectivity index (χ1n) is 8.83. The van der Waals surface area contributed by atoms with Crippen LogP contribution in [0.4, 0.5) is 4.79 Å². The van der Waals surface area contributed by atoms with E-state index in [4.69, 9.17) is 9.47 Å². The zero-order valence-corrected chi connectivity index (χ0v) is 14.6. The minimum Gasteiger partial charge on any atom is -0.486 e. The molecule has 4 rings (SSSR count). The molecule has 0 radical (unpaired) electrons. The molecule has 2 saturated heterocycles. The highest BCUT2D eigenvalue weighted by Crippen LogP contribution is 2.38. The summed E-state index contributed by atoms with van der Waals surface area (Å²) in [5.41, 5.74) is 1.14. The second-order valence-corrected chi connectivity index (χ2v) is 7.82. The molecule has 0 spiro atoms. The topological polar surface area (TPSA) is 50.8 Å². The number of nitrogens with one attached hydrogen (secondary N) is 1. The highest BCUT2D eigenvalue weighted by Gasteiger charge is 2.31. The average molecular weight is 348 g/mol. The molecule has 2 amide bonds. The lowest BCUT2D eigenvalue weighted by molar-refractivity contribution is 0.170. The smallest absolute Gasteiger partial charge is 0.317 e. The molecule has 1 N–H and O–H groups in total. The van der Waals surface area contributed by atoms with Crippen molar-refractivity contribution in [3.05, 3.63) is 23.8 Å². The number of hydrogen-bond donors (Lipinski definition) is 1.